The first-order chi connectivity index (χ1) is 12.5. The summed E-state index contributed by atoms with van der Waals surface area (Å²) >= 11 is 0. The number of carbonyl (C=O) groups is 2. The Morgan fingerprint density at radius 3 is 2.19 bits per heavy atom. The molecule has 1 aromatic heterocycles. The molecule has 0 saturated heterocycles. The van der Waals surface area contributed by atoms with E-state index in [-0.39, 0.29) is 11.3 Å². The number of hydrogen-bond donors (Lipinski definition) is 2. The highest BCUT2D eigenvalue weighted by molar-refractivity contribution is 6.17. The molecule has 0 aliphatic carbocycles. The number of aromatic amines is 1. The lowest BCUT2D eigenvalue weighted by Crippen LogP contribution is -2.14. The van der Waals surface area contributed by atoms with Gasteiger partial charge in [-0.05, 0) is 31.4 Å². The average molecular weight is 347 g/mol. The predicted molar refractivity (Wildman–Crippen MR) is 101 cm³/mol. The van der Waals surface area contributed by atoms with Gasteiger partial charge in [0.2, 0.25) is 0 Å². The van der Waals surface area contributed by atoms with Crippen LogP contribution in [0.1, 0.15) is 48.8 Å². The molecule has 0 atom stereocenters. The van der Waals surface area contributed by atoms with Gasteiger partial charge in [0.05, 0.1) is 11.1 Å². The number of aromatic nitrogens is 1. The van der Waals surface area contributed by atoms with E-state index in [4.69, 9.17) is 0 Å². The van der Waals surface area contributed by atoms with Crippen LogP contribution in [0.5, 0.6) is 0 Å². The van der Waals surface area contributed by atoms with Gasteiger partial charge in [0.1, 0.15) is 6.61 Å². The number of aliphatic hydroxyl groups is 1. The Labute approximate surface area is 152 Å². The third-order valence-electron chi connectivity index (χ3n) is 4.52. The standard InChI is InChI=1S/C22H21NO3/c1-14-20(19(25)13-24)21(15(2)23-14)22(26)18-11-7-6-10-17(18)12-16-8-4-3-5-9-16/h3-11,23-24H,12-13H2,1-2H3. The van der Waals surface area contributed by atoms with Crippen LogP contribution in [0.4, 0.5) is 0 Å². The van der Waals surface area contributed by atoms with Crippen LogP contribution < -0.4 is 0 Å². The van der Waals surface area contributed by atoms with Crippen LogP contribution in [-0.2, 0) is 6.42 Å². The van der Waals surface area contributed by atoms with E-state index < -0.39 is 12.4 Å². The van der Waals surface area contributed by atoms with Crippen LogP contribution in [0.15, 0.2) is 54.6 Å². The zero-order valence-corrected chi connectivity index (χ0v) is 14.9. The second kappa shape index (κ2) is 7.50. The van der Waals surface area contributed by atoms with Gasteiger partial charge in [-0.15, -0.1) is 0 Å². The lowest BCUT2D eigenvalue weighted by molar-refractivity contribution is 0.0896. The van der Waals surface area contributed by atoms with E-state index in [0.29, 0.717) is 28.9 Å². The highest BCUT2D eigenvalue weighted by Gasteiger charge is 2.25. The minimum atomic E-state index is -0.621. The van der Waals surface area contributed by atoms with Crippen LogP contribution in [0.2, 0.25) is 0 Å². The van der Waals surface area contributed by atoms with Gasteiger partial charge in [-0.25, -0.2) is 0 Å². The van der Waals surface area contributed by atoms with Crippen LogP contribution in [0, 0.1) is 13.8 Å². The maximum atomic E-state index is 13.3. The second-order valence-electron chi connectivity index (χ2n) is 6.35. The minimum absolute atomic E-state index is 0.199. The molecule has 0 saturated carbocycles. The van der Waals surface area contributed by atoms with Crippen molar-refractivity contribution in [2.45, 2.75) is 20.3 Å². The zero-order chi connectivity index (χ0) is 18.7. The van der Waals surface area contributed by atoms with Crippen molar-refractivity contribution in [1.82, 2.24) is 4.98 Å². The molecule has 4 nitrogen and oxygen atoms in total. The topological polar surface area (TPSA) is 70.2 Å². The van der Waals surface area contributed by atoms with Gasteiger partial charge >= 0.3 is 0 Å². The SMILES string of the molecule is Cc1[nH]c(C)c(C(=O)c2ccccc2Cc2ccccc2)c1C(=O)CO. The van der Waals surface area contributed by atoms with Crippen molar-refractivity contribution in [3.63, 3.8) is 0 Å². The summed E-state index contributed by atoms with van der Waals surface area (Å²) in [7, 11) is 0. The van der Waals surface area contributed by atoms with Crippen LogP contribution in [0.25, 0.3) is 0 Å². The third kappa shape index (κ3) is 3.37. The van der Waals surface area contributed by atoms with E-state index >= 15 is 0 Å². The number of H-pyrrole nitrogens is 1. The van der Waals surface area contributed by atoms with Gasteiger partial charge in [0, 0.05) is 17.0 Å². The summed E-state index contributed by atoms with van der Waals surface area (Å²) in [5.74, 6) is -0.647. The van der Waals surface area contributed by atoms with Crippen LogP contribution in [-0.4, -0.2) is 28.3 Å². The molecule has 2 N–H and O–H groups in total. The average Bonchev–Trinajstić information content (AvgIpc) is 2.95. The molecule has 3 aromatic rings. The number of aryl methyl sites for hydroxylation is 2. The fourth-order valence-electron chi connectivity index (χ4n) is 3.34. The van der Waals surface area contributed by atoms with Gasteiger partial charge in [-0.1, -0.05) is 54.6 Å². The summed E-state index contributed by atoms with van der Waals surface area (Å²) in [5.41, 5.74) is 4.46. The number of benzene rings is 2. The first-order valence-corrected chi connectivity index (χ1v) is 8.52. The maximum absolute atomic E-state index is 13.3. The Hall–Kier alpha value is -2.98. The molecule has 132 valence electrons. The smallest absolute Gasteiger partial charge is 0.195 e. The molecule has 4 heteroatoms. The molecule has 0 unspecified atom stereocenters. The Morgan fingerprint density at radius 2 is 1.50 bits per heavy atom. The van der Waals surface area contributed by atoms with Crippen LogP contribution in [0.3, 0.4) is 0 Å². The fraction of sp³-hybridized carbons (Fsp3) is 0.182. The molecule has 0 bridgehead atoms. The van der Waals surface area contributed by atoms with E-state index in [0.717, 1.165) is 11.1 Å². The zero-order valence-electron chi connectivity index (χ0n) is 14.9. The first-order valence-electron chi connectivity index (χ1n) is 8.52. The minimum Gasteiger partial charge on any atom is -0.388 e. The van der Waals surface area contributed by atoms with Gasteiger partial charge in [-0.3, -0.25) is 9.59 Å². The largest absolute Gasteiger partial charge is 0.388 e. The molecular formula is C22H21NO3. The molecule has 3 rings (SSSR count). The van der Waals surface area contributed by atoms with Crippen molar-refractivity contribution in [2.24, 2.45) is 0 Å². The monoisotopic (exact) mass is 347 g/mol. The van der Waals surface area contributed by atoms with Gasteiger partial charge in [0.25, 0.3) is 0 Å². The van der Waals surface area contributed by atoms with Crippen molar-refractivity contribution in [1.29, 1.82) is 0 Å². The molecule has 0 fully saturated rings. The van der Waals surface area contributed by atoms with E-state index in [1.165, 1.54) is 0 Å². The Bertz CT molecular complexity index is 955. The van der Waals surface area contributed by atoms with Gasteiger partial charge < -0.3 is 10.1 Å². The summed E-state index contributed by atoms with van der Waals surface area (Å²) in [6.07, 6.45) is 0.633. The molecule has 0 aliphatic rings. The maximum Gasteiger partial charge on any atom is 0.195 e. The lowest BCUT2D eigenvalue weighted by Gasteiger charge is -2.10. The van der Waals surface area contributed by atoms with Crippen molar-refractivity contribution in [3.05, 3.63) is 93.8 Å². The molecule has 0 aliphatic heterocycles. The molecule has 26 heavy (non-hydrogen) atoms. The number of carbonyl (C=O) groups excluding carboxylic acids is 2. The molecule has 2 aromatic carbocycles. The van der Waals surface area contributed by atoms with Crippen LogP contribution >= 0.6 is 0 Å². The molecular weight excluding hydrogens is 326 g/mol. The Morgan fingerprint density at radius 1 is 0.885 bits per heavy atom. The molecule has 0 spiro atoms. The summed E-state index contributed by atoms with van der Waals surface area (Å²) in [6.45, 7) is 2.89. The quantitative estimate of drug-likeness (QED) is 0.669. The van der Waals surface area contributed by atoms with Crippen molar-refractivity contribution < 1.29 is 14.7 Å². The van der Waals surface area contributed by atoms with E-state index in [1.54, 1.807) is 19.9 Å². The van der Waals surface area contributed by atoms with Crippen molar-refractivity contribution >= 4 is 11.6 Å². The van der Waals surface area contributed by atoms with Gasteiger partial charge in [-0.2, -0.15) is 0 Å². The number of rotatable bonds is 6. The molecule has 1 heterocycles. The van der Waals surface area contributed by atoms with Crippen molar-refractivity contribution in [2.75, 3.05) is 6.61 Å². The van der Waals surface area contributed by atoms with Gasteiger partial charge in [0.15, 0.2) is 11.6 Å². The number of Topliss-reactive ketones (excluding diaryl/α,β-unsaturated/α-hetero) is 1. The molecule has 0 radical (unpaired) electrons. The summed E-state index contributed by atoms with van der Waals surface area (Å²) < 4.78 is 0. The molecule has 0 amide bonds. The summed E-state index contributed by atoms with van der Waals surface area (Å²) in [6, 6.07) is 17.4. The van der Waals surface area contributed by atoms with E-state index in [2.05, 4.69) is 4.98 Å². The highest BCUT2D eigenvalue weighted by Crippen LogP contribution is 2.25. The Balaban J connectivity index is 2.06. The summed E-state index contributed by atoms with van der Waals surface area (Å²) in [4.78, 5) is 28.5. The summed E-state index contributed by atoms with van der Waals surface area (Å²) in [5, 5.41) is 9.27. The van der Waals surface area contributed by atoms with Crippen molar-refractivity contribution in [3.8, 4) is 0 Å². The van der Waals surface area contributed by atoms with E-state index in [9.17, 15) is 14.7 Å². The fourth-order valence-corrected chi connectivity index (χ4v) is 3.34. The lowest BCUT2D eigenvalue weighted by atomic mass is 9.91. The number of ketones is 2. The second-order valence-corrected chi connectivity index (χ2v) is 6.35. The predicted octanol–water partition coefficient (Wildman–Crippen LogP) is 3.63. The highest BCUT2D eigenvalue weighted by atomic mass is 16.3. The first kappa shape index (κ1) is 17.8. The normalized spacial score (nSPS) is 10.7. The number of aliphatic hydroxyl groups excluding tert-OH is 1. The number of nitrogens with one attached hydrogen (secondary N) is 1. The number of hydrogen-bond acceptors (Lipinski definition) is 3. The Kier molecular flexibility index (Phi) is 5.14. The third-order valence-corrected chi connectivity index (χ3v) is 4.52. The van der Waals surface area contributed by atoms with E-state index in [1.807, 2.05) is 48.5 Å².